The number of phosphoric acid groups is 2. The van der Waals surface area contributed by atoms with Gasteiger partial charge in [0.05, 0.1) is 26.4 Å². The number of hydrogen-bond acceptors (Lipinski definition) is 15. The third kappa shape index (κ3) is 62.2. The molecule has 19 heteroatoms. The number of ether oxygens (including phenoxy) is 4. The SMILES string of the molecule is CCCCCCCCCCCC(=O)O[C@H](COC(=O)CCCCCCC)COP(=O)(O)OC[C@H](O)COP(=O)(O)OC[C@@H](COC(=O)CCCCCCCCCCCCCCCCC(C)CC)OC(=O)CCCCCCCCCCCCCCCCC(C)CC. The van der Waals surface area contributed by atoms with E-state index in [0.717, 1.165) is 108 Å². The molecule has 534 valence electrons. The maximum Gasteiger partial charge on any atom is 0.472 e. The lowest BCUT2D eigenvalue weighted by Crippen LogP contribution is -2.30. The topological polar surface area (TPSA) is 237 Å². The molecule has 0 aromatic rings. The summed E-state index contributed by atoms with van der Waals surface area (Å²) in [7, 11) is -9.89. The van der Waals surface area contributed by atoms with Crippen LogP contribution in [0.25, 0.3) is 0 Å². The fraction of sp³-hybridized carbons (Fsp3) is 0.944. The van der Waals surface area contributed by atoms with Crippen molar-refractivity contribution in [1.82, 2.24) is 0 Å². The van der Waals surface area contributed by atoms with Gasteiger partial charge in [0.25, 0.3) is 0 Å². The zero-order valence-electron chi connectivity index (χ0n) is 58.4. The summed E-state index contributed by atoms with van der Waals surface area (Å²) in [5, 5.41) is 10.6. The minimum Gasteiger partial charge on any atom is -0.462 e. The molecule has 0 aliphatic carbocycles. The second-order valence-corrected chi connectivity index (χ2v) is 29.0. The van der Waals surface area contributed by atoms with Crippen molar-refractivity contribution >= 4 is 39.5 Å². The van der Waals surface area contributed by atoms with Gasteiger partial charge in [-0.15, -0.1) is 0 Å². The summed E-state index contributed by atoms with van der Waals surface area (Å²) in [6.45, 7) is 9.56. The Morgan fingerprint density at radius 2 is 0.533 bits per heavy atom. The molecular formula is C71H138O17P2. The van der Waals surface area contributed by atoms with Gasteiger partial charge in [0, 0.05) is 25.7 Å². The van der Waals surface area contributed by atoms with Gasteiger partial charge in [-0.3, -0.25) is 37.3 Å². The number of aliphatic hydroxyl groups excluding tert-OH is 1. The molecule has 0 bridgehead atoms. The smallest absolute Gasteiger partial charge is 0.462 e. The van der Waals surface area contributed by atoms with Crippen LogP contribution < -0.4 is 0 Å². The highest BCUT2D eigenvalue weighted by atomic mass is 31.2. The second-order valence-electron chi connectivity index (χ2n) is 26.1. The lowest BCUT2D eigenvalue weighted by molar-refractivity contribution is -0.161. The van der Waals surface area contributed by atoms with Crippen LogP contribution in [0.4, 0.5) is 0 Å². The van der Waals surface area contributed by atoms with Crippen molar-refractivity contribution in [3.05, 3.63) is 0 Å². The van der Waals surface area contributed by atoms with Crippen LogP contribution in [0.5, 0.6) is 0 Å². The highest BCUT2D eigenvalue weighted by Crippen LogP contribution is 2.45. The van der Waals surface area contributed by atoms with E-state index in [1.54, 1.807) is 0 Å². The zero-order valence-corrected chi connectivity index (χ0v) is 60.2. The fourth-order valence-corrected chi connectivity index (χ4v) is 12.3. The third-order valence-corrected chi connectivity index (χ3v) is 19.1. The number of esters is 4. The van der Waals surface area contributed by atoms with Crippen LogP contribution in [0.1, 0.15) is 363 Å². The van der Waals surface area contributed by atoms with Crippen LogP contribution in [-0.2, 0) is 65.4 Å². The Morgan fingerprint density at radius 3 is 0.789 bits per heavy atom. The van der Waals surface area contributed by atoms with Crippen molar-refractivity contribution in [2.45, 2.75) is 381 Å². The van der Waals surface area contributed by atoms with Gasteiger partial charge in [-0.1, -0.05) is 311 Å². The van der Waals surface area contributed by atoms with E-state index in [1.807, 2.05) is 0 Å². The van der Waals surface area contributed by atoms with Crippen LogP contribution in [0, 0.1) is 11.8 Å². The molecule has 0 saturated heterocycles. The molecule has 0 aromatic heterocycles. The van der Waals surface area contributed by atoms with E-state index in [1.165, 1.54) is 173 Å². The third-order valence-electron chi connectivity index (χ3n) is 17.2. The summed E-state index contributed by atoms with van der Waals surface area (Å²) in [4.78, 5) is 72.2. The summed E-state index contributed by atoms with van der Waals surface area (Å²) in [5.41, 5.74) is 0. The first-order chi connectivity index (χ1) is 43.4. The Morgan fingerprint density at radius 1 is 0.311 bits per heavy atom. The highest BCUT2D eigenvalue weighted by Gasteiger charge is 2.30. The minimum atomic E-state index is -4.95. The summed E-state index contributed by atoms with van der Waals surface area (Å²) in [5.74, 6) is -0.439. The molecule has 7 atom stereocenters. The van der Waals surface area contributed by atoms with Crippen molar-refractivity contribution in [2.75, 3.05) is 39.6 Å². The first-order valence-corrected chi connectivity index (χ1v) is 40.1. The summed E-state index contributed by atoms with van der Waals surface area (Å²) in [6.07, 6.45) is 48.9. The van der Waals surface area contributed by atoms with Crippen molar-refractivity contribution in [1.29, 1.82) is 0 Å². The molecule has 90 heavy (non-hydrogen) atoms. The van der Waals surface area contributed by atoms with Crippen LogP contribution in [0.15, 0.2) is 0 Å². The van der Waals surface area contributed by atoms with Crippen LogP contribution in [-0.4, -0.2) is 96.7 Å². The zero-order chi connectivity index (χ0) is 66.5. The number of rotatable bonds is 70. The Labute approximate surface area is 549 Å². The molecule has 0 rings (SSSR count). The number of aliphatic hydroxyl groups is 1. The first kappa shape index (κ1) is 88.1. The Balaban J connectivity index is 5.14. The number of unbranched alkanes of at least 4 members (excludes halogenated alkanes) is 38. The second kappa shape index (κ2) is 63.1. The fourth-order valence-electron chi connectivity index (χ4n) is 10.7. The van der Waals surface area contributed by atoms with Gasteiger partial charge in [0.15, 0.2) is 12.2 Å². The Bertz CT molecular complexity index is 1760. The standard InChI is InChI=1S/C71H138O17P2/c1-7-11-13-15-16-29-37-43-49-55-70(75)87-66(59-81-68(73)53-47-39-14-12-8-2)61-85-89(77,78)83-57-65(72)58-84-90(79,80)86-62-67(88-71(76)56-50-44-38-33-28-24-20-18-22-26-31-35-41-46-52-64(6)10-4)60-82-69(74)54-48-42-36-32-27-23-19-17-21-25-30-34-40-45-51-63(5)9-3/h63-67,72H,7-62H2,1-6H3,(H,77,78)(H,79,80)/t63?,64?,65-,66+,67+/m0/s1. The molecule has 0 aliphatic rings. The number of phosphoric ester groups is 2. The van der Waals surface area contributed by atoms with Crippen LogP contribution in [0.2, 0.25) is 0 Å². The quantitative estimate of drug-likeness (QED) is 0.0222. The Hall–Kier alpha value is -1.94. The van der Waals surface area contributed by atoms with E-state index in [2.05, 4.69) is 41.5 Å². The van der Waals surface area contributed by atoms with Crippen molar-refractivity contribution in [3.8, 4) is 0 Å². The van der Waals surface area contributed by atoms with Gasteiger partial charge in [-0.05, 0) is 37.5 Å². The summed E-state index contributed by atoms with van der Waals surface area (Å²) >= 11 is 0. The van der Waals surface area contributed by atoms with Crippen LogP contribution >= 0.6 is 15.6 Å². The molecule has 4 unspecified atom stereocenters. The van der Waals surface area contributed by atoms with Gasteiger partial charge in [-0.25, -0.2) is 9.13 Å². The van der Waals surface area contributed by atoms with Crippen molar-refractivity contribution in [2.24, 2.45) is 11.8 Å². The molecular weight excluding hydrogens is 1190 g/mol. The van der Waals surface area contributed by atoms with E-state index in [4.69, 9.17) is 37.0 Å². The normalized spacial score (nSPS) is 14.7. The predicted molar refractivity (Wildman–Crippen MR) is 363 cm³/mol. The van der Waals surface area contributed by atoms with E-state index in [0.29, 0.717) is 25.7 Å². The van der Waals surface area contributed by atoms with Gasteiger partial charge < -0.3 is 33.8 Å². The molecule has 0 fully saturated rings. The van der Waals surface area contributed by atoms with E-state index < -0.39 is 97.5 Å². The summed E-state index contributed by atoms with van der Waals surface area (Å²) < 4.78 is 68.0. The van der Waals surface area contributed by atoms with E-state index in [-0.39, 0.29) is 25.7 Å². The first-order valence-electron chi connectivity index (χ1n) is 37.1. The number of hydrogen-bond donors (Lipinski definition) is 3. The van der Waals surface area contributed by atoms with Crippen molar-refractivity contribution in [3.63, 3.8) is 0 Å². The van der Waals surface area contributed by atoms with Gasteiger partial charge >= 0.3 is 39.5 Å². The van der Waals surface area contributed by atoms with Gasteiger partial charge in [-0.2, -0.15) is 0 Å². The maximum absolute atomic E-state index is 13.0. The highest BCUT2D eigenvalue weighted by molar-refractivity contribution is 7.47. The molecule has 0 saturated carbocycles. The molecule has 0 aromatic carbocycles. The van der Waals surface area contributed by atoms with E-state index in [9.17, 15) is 43.2 Å². The molecule has 0 radical (unpaired) electrons. The molecule has 3 N–H and O–H groups in total. The Kier molecular flexibility index (Phi) is 61.8. The predicted octanol–water partition coefficient (Wildman–Crippen LogP) is 20.4. The molecule has 0 amide bonds. The van der Waals surface area contributed by atoms with Crippen LogP contribution in [0.3, 0.4) is 0 Å². The maximum atomic E-state index is 13.0. The summed E-state index contributed by atoms with van der Waals surface area (Å²) in [6, 6.07) is 0. The average Bonchev–Trinajstić information content (AvgIpc) is 3.54. The van der Waals surface area contributed by atoms with E-state index >= 15 is 0 Å². The molecule has 17 nitrogen and oxygen atoms in total. The molecule has 0 spiro atoms. The number of carbonyl (C=O) groups excluding carboxylic acids is 4. The van der Waals surface area contributed by atoms with Gasteiger partial charge in [0.1, 0.15) is 19.3 Å². The lowest BCUT2D eigenvalue weighted by Gasteiger charge is -2.21. The van der Waals surface area contributed by atoms with Crippen molar-refractivity contribution < 1.29 is 80.2 Å². The minimum absolute atomic E-state index is 0.105. The lowest BCUT2D eigenvalue weighted by atomic mass is 9.99. The number of carbonyl (C=O) groups is 4. The average molecular weight is 1330 g/mol. The monoisotopic (exact) mass is 1320 g/mol. The molecule has 0 heterocycles. The largest absolute Gasteiger partial charge is 0.472 e. The van der Waals surface area contributed by atoms with Gasteiger partial charge in [0.2, 0.25) is 0 Å². The molecule has 0 aliphatic heterocycles.